The van der Waals surface area contributed by atoms with Crippen LogP contribution in [0, 0.1) is 0 Å². The molecule has 0 unspecified atom stereocenters. The van der Waals surface area contributed by atoms with Crippen LogP contribution in [-0.4, -0.2) is 24.0 Å². The molecule has 0 spiro atoms. The minimum atomic E-state index is -0.729. The van der Waals surface area contributed by atoms with Gasteiger partial charge in [-0.05, 0) is 30.5 Å². The third-order valence-corrected chi connectivity index (χ3v) is 4.43. The molecule has 1 aromatic carbocycles. The van der Waals surface area contributed by atoms with Crippen molar-refractivity contribution < 1.29 is 14.3 Å². The molecule has 21 heavy (non-hydrogen) atoms. The Balaban J connectivity index is 1.68. The van der Waals surface area contributed by atoms with E-state index in [9.17, 15) is 9.59 Å². The standard InChI is InChI=1S/C16H18ClNO3/c17-11-7-6-10-8-14(21-16(20)13(10)9-11)15(19)18-12-4-2-1-3-5-12/h6-7,9,12,14H,1-5,8H2,(H,18,19)/t14-/m1/s1. The molecule has 1 atom stereocenters. The van der Waals surface area contributed by atoms with Gasteiger partial charge in [0.05, 0.1) is 5.56 Å². The van der Waals surface area contributed by atoms with E-state index in [0.29, 0.717) is 17.0 Å². The summed E-state index contributed by atoms with van der Waals surface area (Å²) < 4.78 is 5.26. The van der Waals surface area contributed by atoms with Gasteiger partial charge in [-0.25, -0.2) is 4.79 Å². The average Bonchev–Trinajstić information content (AvgIpc) is 2.49. The van der Waals surface area contributed by atoms with Crippen molar-refractivity contribution in [1.82, 2.24) is 5.32 Å². The highest BCUT2D eigenvalue weighted by Crippen LogP contribution is 2.25. The van der Waals surface area contributed by atoms with E-state index in [1.54, 1.807) is 18.2 Å². The molecule has 0 aromatic heterocycles. The normalized spacial score (nSPS) is 22.3. The summed E-state index contributed by atoms with van der Waals surface area (Å²) in [7, 11) is 0. The van der Waals surface area contributed by atoms with Gasteiger partial charge in [0.25, 0.3) is 5.91 Å². The molecule has 1 heterocycles. The van der Waals surface area contributed by atoms with E-state index in [1.165, 1.54) is 6.42 Å². The molecule has 112 valence electrons. The fourth-order valence-electron chi connectivity index (χ4n) is 3.04. The van der Waals surface area contributed by atoms with Crippen molar-refractivity contribution in [1.29, 1.82) is 0 Å². The lowest BCUT2D eigenvalue weighted by Gasteiger charge is -2.28. The van der Waals surface area contributed by atoms with E-state index >= 15 is 0 Å². The number of fused-ring (bicyclic) bond motifs is 1. The van der Waals surface area contributed by atoms with Crippen molar-refractivity contribution >= 4 is 23.5 Å². The third-order valence-electron chi connectivity index (χ3n) is 4.19. The molecule has 4 nitrogen and oxygen atoms in total. The van der Waals surface area contributed by atoms with Crippen molar-refractivity contribution in [2.24, 2.45) is 0 Å². The van der Waals surface area contributed by atoms with Gasteiger partial charge in [0.1, 0.15) is 0 Å². The van der Waals surface area contributed by atoms with E-state index in [2.05, 4.69) is 5.32 Å². The van der Waals surface area contributed by atoms with Gasteiger partial charge in [0.2, 0.25) is 0 Å². The summed E-state index contributed by atoms with van der Waals surface area (Å²) in [5.41, 5.74) is 1.28. The van der Waals surface area contributed by atoms with E-state index in [-0.39, 0.29) is 11.9 Å². The fourth-order valence-corrected chi connectivity index (χ4v) is 3.21. The van der Waals surface area contributed by atoms with Crippen molar-refractivity contribution in [2.75, 3.05) is 0 Å². The van der Waals surface area contributed by atoms with Crippen molar-refractivity contribution in [3.05, 3.63) is 34.3 Å². The molecule has 0 radical (unpaired) electrons. The molecule has 1 aliphatic carbocycles. The van der Waals surface area contributed by atoms with Crippen LogP contribution in [0.15, 0.2) is 18.2 Å². The Labute approximate surface area is 128 Å². The maximum atomic E-state index is 12.3. The van der Waals surface area contributed by atoms with Gasteiger partial charge in [0, 0.05) is 17.5 Å². The number of hydrogen-bond acceptors (Lipinski definition) is 3. The highest BCUT2D eigenvalue weighted by atomic mass is 35.5. The molecular weight excluding hydrogens is 290 g/mol. The van der Waals surface area contributed by atoms with Crippen LogP contribution in [0.5, 0.6) is 0 Å². The van der Waals surface area contributed by atoms with E-state index in [4.69, 9.17) is 16.3 Å². The smallest absolute Gasteiger partial charge is 0.339 e. The monoisotopic (exact) mass is 307 g/mol. The van der Waals surface area contributed by atoms with Gasteiger partial charge >= 0.3 is 5.97 Å². The predicted octanol–water partition coefficient (Wildman–Crippen LogP) is 2.87. The Morgan fingerprint density at radius 1 is 1.24 bits per heavy atom. The molecule has 1 N–H and O–H groups in total. The first kappa shape index (κ1) is 14.4. The van der Waals surface area contributed by atoms with E-state index < -0.39 is 12.1 Å². The number of carbonyl (C=O) groups is 2. The number of carbonyl (C=O) groups excluding carboxylic acids is 2. The van der Waals surface area contributed by atoms with Gasteiger partial charge < -0.3 is 10.1 Å². The topological polar surface area (TPSA) is 55.4 Å². The van der Waals surface area contributed by atoms with Gasteiger partial charge in [0.15, 0.2) is 6.10 Å². The Morgan fingerprint density at radius 2 is 2.00 bits per heavy atom. The summed E-state index contributed by atoms with van der Waals surface area (Å²) in [6.45, 7) is 0. The van der Waals surface area contributed by atoms with Crippen molar-refractivity contribution in [2.45, 2.75) is 50.7 Å². The first-order valence-electron chi connectivity index (χ1n) is 7.43. The summed E-state index contributed by atoms with van der Waals surface area (Å²) in [5, 5.41) is 3.51. The van der Waals surface area contributed by atoms with Gasteiger partial charge in [-0.3, -0.25) is 4.79 Å². The second-order valence-electron chi connectivity index (χ2n) is 5.74. The van der Waals surface area contributed by atoms with Crippen LogP contribution >= 0.6 is 11.6 Å². The molecule has 0 bridgehead atoms. The van der Waals surface area contributed by atoms with Crippen LogP contribution in [0.2, 0.25) is 5.02 Å². The lowest BCUT2D eigenvalue weighted by Crippen LogP contribution is -2.46. The van der Waals surface area contributed by atoms with E-state index in [1.807, 2.05) is 0 Å². The minimum absolute atomic E-state index is 0.184. The molecule has 5 heteroatoms. The molecule has 1 fully saturated rings. The number of amides is 1. The van der Waals surface area contributed by atoms with Gasteiger partial charge in [-0.1, -0.05) is 36.9 Å². The van der Waals surface area contributed by atoms with Crippen LogP contribution < -0.4 is 5.32 Å². The quantitative estimate of drug-likeness (QED) is 0.855. The molecule has 1 aliphatic heterocycles. The minimum Gasteiger partial charge on any atom is -0.448 e. The van der Waals surface area contributed by atoms with Crippen LogP contribution in [-0.2, 0) is 16.0 Å². The van der Waals surface area contributed by atoms with Crippen molar-refractivity contribution in [3.8, 4) is 0 Å². The molecule has 3 rings (SSSR count). The zero-order valence-corrected chi connectivity index (χ0v) is 12.5. The molecule has 1 amide bonds. The van der Waals surface area contributed by atoms with Crippen LogP contribution in [0.25, 0.3) is 0 Å². The van der Waals surface area contributed by atoms with Crippen LogP contribution in [0.4, 0.5) is 0 Å². The molecule has 2 aliphatic rings. The maximum Gasteiger partial charge on any atom is 0.339 e. The van der Waals surface area contributed by atoms with Crippen LogP contribution in [0.3, 0.4) is 0 Å². The maximum absolute atomic E-state index is 12.3. The predicted molar refractivity (Wildman–Crippen MR) is 79.4 cm³/mol. The number of benzene rings is 1. The Morgan fingerprint density at radius 3 is 2.76 bits per heavy atom. The molecule has 0 saturated heterocycles. The second kappa shape index (κ2) is 6.06. The number of cyclic esters (lactones) is 1. The number of esters is 1. The summed E-state index contributed by atoms with van der Waals surface area (Å²) >= 11 is 5.88. The summed E-state index contributed by atoms with van der Waals surface area (Å²) in [4.78, 5) is 24.3. The van der Waals surface area contributed by atoms with Crippen molar-refractivity contribution in [3.63, 3.8) is 0 Å². The van der Waals surface area contributed by atoms with Gasteiger partial charge in [-0.15, -0.1) is 0 Å². The lowest BCUT2D eigenvalue weighted by atomic mass is 9.94. The summed E-state index contributed by atoms with van der Waals surface area (Å²) in [5.74, 6) is -0.654. The summed E-state index contributed by atoms with van der Waals surface area (Å²) in [6.07, 6.45) is 5.24. The molecule has 1 aromatic rings. The highest BCUT2D eigenvalue weighted by Gasteiger charge is 2.32. The first-order valence-corrected chi connectivity index (χ1v) is 7.81. The van der Waals surface area contributed by atoms with Crippen LogP contribution in [0.1, 0.15) is 48.0 Å². The largest absolute Gasteiger partial charge is 0.448 e. The van der Waals surface area contributed by atoms with Gasteiger partial charge in [-0.2, -0.15) is 0 Å². The number of rotatable bonds is 2. The average molecular weight is 308 g/mol. The Bertz CT molecular complexity index is 567. The number of halogens is 1. The Kier molecular flexibility index (Phi) is 4.15. The fraction of sp³-hybridized carbons (Fsp3) is 0.500. The zero-order chi connectivity index (χ0) is 14.8. The number of nitrogens with one attached hydrogen (secondary N) is 1. The molecule has 1 saturated carbocycles. The summed E-state index contributed by atoms with van der Waals surface area (Å²) in [6, 6.07) is 5.33. The Hall–Kier alpha value is -1.55. The second-order valence-corrected chi connectivity index (χ2v) is 6.18. The first-order chi connectivity index (χ1) is 10.1. The van der Waals surface area contributed by atoms with E-state index in [0.717, 1.165) is 31.2 Å². The number of hydrogen-bond donors (Lipinski definition) is 1. The lowest BCUT2D eigenvalue weighted by molar-refractivity contribution is -0.131. The number of ether oxygens (including phenoxy) is 1. The highest BCUT2D eigenvalue weighted by molar-refractivity contribution is 6.31. The molecular formula is C16H18ClNO3. The zero-order valence-electron chi connectivity index (χ0n) is 11.7. The third kappa shape index (κ3) is 3.21. The SMILES string of the molecule is O=C1O[C@@H](C(=O)NC2CCCCC2)Cc2ccc(Cl)cc21.